The summed E-state index contributed by atoms with van der Waals surface area (Å²) in [4.78, 5) is 28.1. The molecular weight excluding hydrogens is 761 g/mol. The highest BCUT2D eigenvalue weighted by atomic mass is 28.3. The molecule has 4 aromatic rings. The van der Waals surface area contributed by atoms with Crippen molar-refractivity contribution in [3.05, 3.63) is 72.7 Å². The van der Waals surface area contributed by atoms with E-state index in [1.54, 1.807) is 0 Å². The van der Waals surface area contributed by atoms with E-state index in [4.69, 9.17) is 34.0 Å². The van der Waals surface area contributed by atoms with Gasteiger partial charge in [-0.2, -0.15) is 9.61 Å². The molecule has 3 aromatic heterocycles. The smallest absolute Gasteiger partial charge is 0.410 e. The van der Waals surface area contributed by atoms with Crippen molar-refractivity contribution in [2.24, 2.45) is 0 Å². The zero-order valence-electron chi connectivity index (χ0n) is 36.6. The summed E-state index contributed by atoms with van der Waals surface area (Å²) in [6.45, 7) is 28.8. The Morgan fingerprint density at radius 3 is 2.03 bits per heavy atom. The first-order valence-electron chi connectivity index (χ1n) is 21.1. The lowest BCUT2D eigenvalue weighted by Crippen LogP contribution is -2.48. The molecule has 11 nitrogen and oxygen atoms in total. The molecule has 1 aromatic carbocycles. The molecule has 2 aliphatic heterocycles. The van der Waals surface area contributed by atoms with Gasteiger partial charge in [-0.3, -0.25) is 4.98 Å². The predicted octanol–water partition coefficient (Wildman–Crippen LogP) is 10.5. The first-order valence-corrected chi connectivity index (χ1v) is 28.5. The minimum atomic E-state index is -1.34. The van der Waals surface area contributed by atoms with E-state index in [1.807, 2.05) is 67.7 Å². The van der Waals surface area contributed by atoms with Gasteiger partial charge in [0, 0.05) is 70.3 Å². The fourth-order valence-corrected chi connectivity index (χ4v) is 9.43. The molecule has 5 heterocycles. The van der Waals surface area contributed by atoms with Crippen LogP contribution in [0.1, 0.15) is 70.6 Å². The fourth-order valence-electron chi connectivity index (χ4n) is 7.91. The number of hydrogen-bond donors (Lipinski definition) is 0. The highest BCUT2D eigenvalue weighted by Gasteiger charge is 2.46. The average Bonchev–Trinajstić information content (AvgIpc) is 3.70. The lowest BCUT2D eigenvalue weighted by molar-refractivity contribution is 0.00566. The number of carbonyl (C=O) groups excluding carboxylic acids is 1. The third-order valence-corrected chi connectivity index (χ3v) is 14.3. The molecule has 2 aliphatic rings. The lowest BCUT2D eigenvalue weighted by Gasteiger charge is -2.40. The van der Waals surface area contributed by atoms with E-state index in [0.717, 1.165) is 77.2 Å². The second kappa shape index (κ2) is 18.1. The van der Waals surface area contributed by atoms with Gasteiger partial charge in [0.05, 0.1) is 29.8 Å². The fraction of sp³-hybridized carbons (Fsp3) is 0.556. The number of anilines is 1. The molecule has 314 valence electrons. The van der Waals surface area contributed by atoms with Crippen molar-refractivity contribution in [2.45, 2.75) is 128 Å². The first kappa shape index (κ1) is 43.5. The summed E-state index contributed by atoms with van der Waals surface area (Å²) in [7, 11) is -2.69. The number of amides is 1. The van der Waals surface area contributed by atoms with E-state index < -0.39 is 21.7 Å². The monoisotopic (exact) mass is 826 g/mol. The van der Waals surface area contributed by atoms with Crippen LogP contribution < -0.4 is 4.90 Å². The molecule has 0 spiro atoms. The van der Waals surface area contributed by atoms with Gasteiger partial charge in [-0.25, -0.2) is 9.78 Å². The summed E-state index contributed by atoms with van der Waals surface area (Å²) in [5.41, 5.74) is 5.59. The van der Waals surface area contributed by atoms with Crippen molar-refractivity contribution in [1.82, 2.24) is 24.5 Å². The maximum absolute atomic E-state index is 13.6. The number of carbonyl (C=O) groups is 1. The van der Waals surface area contributed by atoms with Gasteiger partial charge in [-0.05, 0) is 71.5 Å². The maximum Gasteiger partial charge on any atom is 0.410 e. The summed E-state index contributed by atoms with van der Waals surface area (Å²) in [6.07, 6.45) is 6.91. The third-order valence-electron chi connectivity index (χ3n) is 10.9. The summed E-state index contributed by atoms with van der Waals surface area (Å²) in [5, 5.41) is 5.05. The quantitative estimate of drug-likeness (QED) is 0.0445. The van der Waals surface area contributed by atoms with Crippen molar-refractivity contribution >= 4 is 39.5 Å². The van der Waals surface area contributed by atoms with Crippen LogP contribution in [-0.2, 0) is 18.9 Å². The van der Waals surface area contributed by atoms with Crippen molar-refractivity contribution in [2.75, 3.05) is 38.2 Å². The Morgan fingerprint density at radius 2 is 1.50 bits per heavy atom. The number of nitrogens with zero attached hydrogens (tertiary/aromatic N) is 6. The summed E-state index contributed by atoms with van der Waals surface area (Å²) >= 11 is 0. The van der Waals surface area contributed by atoms with E-state index in [2.05, 4.69) is 75.0 Å². The molecule has 1 amide bonds. The van der Waals surface area contributed by atoms with E-state index in [9.17, 15) is 4.79 Å². The zero-order valence-corrected chi connectivity index (χ0v) is 38.6. The van der Waals surface area contributed by atoms with Crippen LogP contribution in [0.25, 0.3) is 33.8 Å². The number of rotatable bonds is 17. The van der Waals surface area contributed by atoms with Crippen LogP contribution in [-0.4, -0.2) is 97.7 Å². The third kappa shape index (κ3) is 10.8. The number of hydrogen-bond acceptors (Lipinski definition) is 9. The average molecular weight is 827 g/mol. The number of ether oxygens (including phenoxy) is 4. The molecule has 0 radical (unpaired) electrons. The first-order chi connectivity index (χ1) is 27.4. The molecule has 3 atom stereocenters. The van der Waals surface area contributed by atoms with Crippen molar-refractivity contribution in [3.63, 3.8) is 0 Å². The molecule has 13 heteroatoms. The minimum absolute atomic E-state index is 0.0240. The molecule has 6 rings (SSSR count). The summed E-state index contributed by atoms with van der Waals surface area (Å²) in [6, 6.07) is 16.5. The highest BCUT2D eigenvalue weighted by Crippen LogP contribution is 2.47. The maximum atomic E-state index is 13.6. The Kier molecular flexibility index (Phi) is 13.6. The molecule has 0 unspecified atom stereocenters. The summed E-state index contributed by atoms with van der Waals surface area (Å²) in [5.74, 6) is 1.33. The second-order valence-corrected chi connectivity index (χ2v) is 30.6. The lowest BCUT2D eigenvalue weighted by atomic mass is 9.85. The molecule has 2 saturated heterocycles. The predicted molar refractivity (Wildman–Crippen MR) is 240 cm³/mol. The van der Waals surface area contributed by atoms with E-state index in [0.29, 0.717) is 44.7 Å². The number of aromatic nitrogens is 4. The molecule has 58 heavy (non-hydrogen) atoms. The van der Waals surface area contributed by atoms with Gasteiger partial charge < -0.3 is 28.7 Å². The Labute approximate surface area is 348 Å². The Morgan fingerprint density at radius 1 is 0.879 bits per heavy atom. The van der Waals surface area contributed by atoms with Crippen LogP contribution in [0.3, 0.4) is 0 Å². The molecule has 0 saturated carbocycles. The van der Waals surface area contributed by atoms with Gasteiger partial charge in [0.25, 0.3) is 0 Å². The summed E-state index contributed by atoms with van der Waals surface area (Å²) < 4.78 is 27.2. The number of piperidine rings is 1. The molecular formula is C45H66N6O5Si2. The second-order valence-electron chi connectivity index (χ2n) is 19.3. The number of pyridine rings is 1. The Bertz CT molecular complexity index is 1980. The molecule has 0 N–H and O–H groups in total. The van der Waals surface area contributed by atoms with Gasteiger partial charge in [-0.1, -0.05) is 82.3 Å². The van der Waals surface area contributed by atoms with Crippen LogP contribution in [0.2, 0.25) is 51.4 Å². The largest absolute Gasteiger partial charge is 0.494 e. The van der Waals surface area contributed by atoms with Gasteiger partial charge in [0.2, 0.25) is 0 Å². The van der Waals surface area contributed by atoms with Gasteiger partial charge >= 0.3 is 6.09 Å². The van der Waals surface area contributed by atoms with Gasteiger partial charge in [0.1, 0.15) is 30.6 Å². The van der Waals surface area contributed by atoms with Crippen LogP contribution in [0, 0.1) is 0 Å². The minimum Gasteiger partial charge on any atom is -0.494 e. The Hall–Kier alpha value is -4.05. The molecule has 2 bridgehead atoms. The van der Waals surface area contributed by atoms with Crippen molar-refractivity contribution < 1.29 is 23.7 Å². The number of fused-ring (bicyclic) bond motifs is 3. The zero-order chi connectivity index (χ0) is 41.8. The van der Waals surface area contributed by atoms with Crippen molar-refractivity contribution in [3.8, 4) is 22.4 Å². The molecule has 0 aliphatic carbocycles. The Balaban J connectivity index is 1.49. The normalized spacial score (nSPS) is 18.4. The van der Waals surface area contributed by atoms with Gasteiger partial charge in [-0.15, -0.1) is 0 Å². The topological polar surface area (TPSA) is 104 Å². The molecule has 2 fully saturated rings. The van der Waals surface area contributed by atoms with Crippen molar-refractivity contribution in [1.29, 1.82) is 0 Å². The van der Waals surface area contributed by atoms with E-state index in [1.165, 1.54) is 0 Å². The highest BCUT2D eigenvalue weighted by molar-refractivity contribution is 6.76. The van der Waals surface area contributed by atoms with Crippen LogP contribution >= 0.6 is 0 Å². The van der Waals surface area contributed by atoms with Crippen LogP contribution in [0.4, 0.5) is 10.6 Å². The van der Waals surface area contributed by atoms with Gasteiger partial charge in [0.15, 0.2) is 5.65 Å². The standard InChI is InChI=1S/C45H66N6O5Si2/c1-12-55-32(2)40-41(35-26-36-19-20-37(27-35)50(36)44(52)56-45(3,4)5)48-42-38(34-18-21-39(46-28-34)33-16-14-13-15-17-33)29-47-51(42)43(40)49(30-53-22-24-57(6,7)8)31-54-23-25-58(9,10)11/h13-18,21,28-29,35-37H,2,12,19-20,22-27,30-31H2,1,3-11H3/t35-,36+,37-. The van der Waals surface area contributed by atoms with Crippen LogP contribution in [0.5, 0.6) is 0 Å². The van der Waals surface area contributed by atoms with E-state index in [-0.39, 0.29) is 24.1 Å². The number of benzene rings is 1. The SMILES string of the molecule is C=C(OCC)c1c([C@H]2C[C@H]3CC[C@@H](C2)N3C(=O)OC(C)(C)C)nc2c(-c3ccc(-c4ccccc4)nc3)cnn2c1N(COCC[Si](C)(C)C)COCC[Si](C)(C)C. The van der Waals surface area contributed by atoms with E-state index >= 15 is 0 Å². The van der Waals surface area contributed by atoms with Crippen LogP contribution in [0.15, 0.2) is 61.4 Å².